The molecule has 3 atom stereocenters. The third-order valence-electron chi connectivity index (χ3n) is 5.17. The van der Waals surface area contributed by atoms with Gasteiger partial charge in [0.2, 0.25) is 0 Å². The average Bonchev–Trinajstić information content (AvgIpc) is 2.89. The molecule has 1 saturated carbocycles. The van der Waals surface area contributed by atoms with E-state index < -0.39 is 0 Å². The molecule has 1 aliphatic heterocycles. The summed E-state index contributed by atoms with van der Waals surface area (Å²) in [4.78, 5) is 2.65. The molecular weight excluding hydrogens is 232 g/mol. The molecule has 0 aromatic heterocycles. The molecule has 2 aliphatic rings. The second-order valence-corrected chi connectivity index (χ2v) is 7.32. The molecular formula is C17H34N2. The maximum atomic E-state index is 3.90. The van der Waals surface area contributed by atoms with Gasteiger partial charge < -0.3 is 10.2 Å². The number of hydrogen-bond acceptors (Lipinski definition) is 2. The highest BCUT2D eigenvalue weighted by Crippen LogP contribution is 2.30. The summed E-state index contributed by atoms with van der Waals surface area (Å²) in [6.07, 6.45) is 8.55. The molecule has 0 radical (unpaired) electrons. The van der Waals surface area contributed by atoms with E-state index in [9.17, 15) is 0 Å². The molecule has 0 aromatic carbocycles. The first-order chi connectivity index (χ1) is 9.16. The van der Waals surface area contributed by atoms with Gasteiger partial charge in [0, 0.05) is 12.6 Å². The highest BCUT2D eigenvalue weighted by molar-refractivity contribution is 4.83. The van der Waals surface area contributed by atoms with E-state index in [-0.39, 0.29) is 0 Å². The maximum Gasteiger partial charge on any atom is 0.00978 e. The SMILES string of the molecule is CC(CNC1CCCCC1C(C)C)CN1CCCC1. The Kier molecular flexibility index (Phi) is 6.15. The molecule has 1 N–H and O–H groups in total. The molecule has 19 heavy (non-hydrogen) atoms. The summed E-state index contributed by atoms with van der Waals surface area (Å²) in [5.74, 6) is 2.55. The molecule has 2 heteroatoms. The molecule has 112 valence electrons. The van der Waals surface area contributed by atoms with E-state index in [0.29, 0.717) is 0 Å². The van der Waals surface area contributed by atoms with Gasteiger partial charge in [-0.1, -0.05) is 33.6 Å². The van der Waals surface area contributed by atoms with Gasteiger partial charge >= 0.3 is 0 Å². The smallest absolute Gasteiger partial charge is 0.00978 e. The third kappa shape index (κ3) is 4.75. The summed E-state index contributed by atoms with van der Waals surface area (Å²) in [7, 11) is 0. The van der Waals surface area contributed by atoms with E-state index >= 15 is 0 Å². The van der Waals surface area contributed by atoms with Crippen molar-refractivity contribution in [2.24, 2.45) is 17.8 Å². The van der Waals surface area contributed by atoms with Crippen molar-refractivity contribution in [3.05, 3.63) is 0 Å². The van der Waals surface area contributed by atoms with Crippen molar-refractivity contribution in [3.8, 4) is 0 Å². The van der Waals surface area contributed by atoms with Gasteiger partial charge in [-0.25, -0.2) is 0 Å². The molecule has 0 aromatic rings. The number of hydrogen-bond donors (Lipinski definition) is 1. The van der Waals surface area contributed by atoms with E-state index in [1.165, 1.54) is 64.7 Å². The second kappa shape index (κ2) is 7.64. The second-order valence-electron chi connectivity index (χ2n) is 7.32. The van der Waals surface area contributed by atoms with Crippen molar-refractivity contribution in [1.29, 1.82) is 0 Å². The molecule has 2 nitrogen and oxygen atoms in total. The minimum Gasteiger partial charge on any atom is -0.313 e. The molecule has 1 saturated heterocycles. The van der Waals surface area contributed by atoms with Crippen LogP contribution in [-0.4, -0.2) is 37.1 Å². The monoisotopic (exact) mass is 266 g/mol. The summed E-state index contributed by atoms with van der Waals surface area (Å²) in [6.45, 7) is 12.4. The van der Waals surface area contributed by atoms with Crippen LogP contribution in [0.1, 0.15) is 59.3 Å². The van der Waals surface area contributed by atoms with Gasteiger partial charge in [0.1, 0.15) is 0 Å². The molecule has 2 fully saturated rings. The van der Waals surface area contributed by atoms with Crippen molar-refractivity contribution in [2.45, 2.75) is 65.3 Å². The van der Waals surface area contributed by atoms with E-state index in [1.807, 2.05) is 0 Å². The Morgan fingerprint density at radius 3 is 2.37 bits per heavy atom. The van der Waals surface area contributed by atoms with Crippen LogP contribution in [0, 0.1) is 17.8 Å². The minimum atomic E-state index is 0.787. The molecule has 1 heterocycles. The standard InChI is InChI=1S/C17H34N2/c1-14(2)16-8-4-5-9-17(16)18-12-15(3)13-19-10-6-7-11-19/h14-18H,4-13H2,1-3H3. The Hall–Kier alpha value is -0.0800. The first kappa shape index (κ1) is 15.3. The predicted octanol–water partition coefficient (Wildman–Crippen LogP) is 3.52. The lowest BCUT2D eigenvalue weighted by Crippen LogP contribution is -2.43. The van der Waals surface area contributed by atoms with Gasteiger partial charge in [-0.15, -0.1) is 0 Å². The highest BCUT2D eigenvalue weighted by atomic mass is 15.1. The fourth-order valence-corrected chi connectivity index (χ4v) is 4.03. The number of rotatable bonds is 6. The quantitative estimate of drug-likeness (QED) is 0.791. The van der Waals surface area contributed by atoms with Crippen LogP contribution in [0.3, 0.4) is 0 Å². The normalized spacial score (nSPS) is 30.9. The third-order valence-corrected chi connectivity index (χ3v) is 5.17. The van der Waals surface area contributed by atoms with Crippen LogP contribution in [0.2, 0.25) is 0 Å². The average molecular weight is 266 g/mol. The number of nitrogens with one attached hydrogen (secondary N) is 1. The van der Waals surface area contributed by atoms with Crippen LogP contribution in [0.5, 0.6) is 0 Å². The Labute approximate surface area is 120 Å². The van der Waals surface area contributed by atoms with Crippen molar-refractivity contribution in [2.75, 3.05) is 26.2 Å². The Morgan fingerprint density at radius 2 is 1.68 bits per heavy atom. The van der Waals surface area contributed by atoms with E-state index in [1.54, 1.807) is 0 Å². The zero-order valence-corrected chi connectivity index (χ0v) is 13.3. The molecule has 3 unspecified atom stereocenters. The van der Waals surface area contributed by atoms with Gasteiger partial charge in [-0.05, 0) is 63.1 Å². The highest BCUT2D eigenvalue weighted by Gasteiger charge is 2.27. The molecule has 2 rings (SSSR count). The molecule has 0 bridgehead atoms. The first-order valence-electron chi connectivity index (χ1n) is 8.62. The van der Waals surface area contributed by atoms with Gasteiger partial charge in [0.05, 0.1) is 0 Å². The predicted molar refractivity (Wildman–Crippen MR) is 83.4 cm³/mol. The number of likely N-dealkylation sites (tertiary alicyclic amines) is 1. The lowest BCUT2D eigenvalue weighted by atomic mass is 9.77. The van der Waals surface area contributed by atoms with Crippen LogP contribution in [0.15, 0.2) is 0 Å². The van der Waals surface area contributed by atoms with Crippen LogP contribution < -0.4 is 5.32 Å². The lowest BCUT2D eigenvalue weighted by molar-refractivity contribution is 0.193. The van der Waals surface area contributed by atoms with Crippen LogP contribution in [0.25, 0.3) is 0 Å². The summed E-state index contributed by atoms with van der Waals surface area (Å²) in [5, 5.41) is 3.90. The van der Waals surface area contributed by atoms with Crippen molar-refractivity contribution in [1.82, 2.24) is 10.2 Å². The number of nitrogens with zero attached hydrogens (tertiary/aromatic N) is 1. The zero-order valence-electron chi connectivity index (χ0n) is 13.3. The van der Waals surface area contributed by atoms with Crippen molar-refractivity contribution < 1.29 is 0 Å². The Morgan fingerprint density at radius 1 is 1.00 bits per heavy atom. The lowest BCUT2D eigenvalue weighted by Gasteiger charge is -2.36. The zero-order chi connectivity index (χ0) is 13.7. The summed E-state index contributed by atoms with van der Waals surface area (Å²) >= 11 is 0. The van der Waals surface area contributed by atoms with Gasteiger partial charge in [-0.2, -0.15) is 0 Å². The van der Waals surface area contributed by atoms with Crippen molar-refractivity contribution in [3.63, 3.8) is 0 Å². The molecule has 0 spiro atoms. The molecule has 1 aliphatic carbocycles. The summed E-state index contributed by atoms with van der Waals surface area (Å²) < 4.78 is 0. The van der Waals surface area contributed by atoms with E-state index in [0.717, 1.165) is 23.8 Å². The van der Waals surface area contributed by atoms with Crippen molar-refractivity contribution >= 4 is 0 Å². The van der Waals surface area contributed by atoms with Gasteiger partial charge in [0.15, 0.2) is 0 Å². The fourth-order valence-electron chi connectivity index (χ4n) is 4.03. The van der Waals surface area contributed by atoms with E-state index in [2.05, 4.69) is 31.0 Å². The Balaban J connectivity index is 1.70. The maximum absolute atomic E-state index is 3.90. The van der Waals surface area contributed by atoms with E-state index in [4.69, 9.17) is 0 Å². The first-order valence-corrected chi connectivity index (χ1v) is 8.62. The summed E-state index contributed by atoms with van der Waals surface area (Å²) in [5.41, 5.74) is 0. The van der Waals surface area contributed by atoms with Gasteiger partial charge in [-0.3, -0.25) is 0 Å². The summed E-state index contributed by atoms with van der Waals surface area (Å²) in [6, 6.07) is 0.787. The van der Waals surface area contributed by atoms with Crippen LogP contribution >= 0.6 is 0 Å². The van der Waals surface area contributed by atoms with Crippen LogP contribution in [0.4, 0.5) is 0 Å². The Bertz CT molecular complexity index is 246. The minimum absolute atomic E-state index is 0.787. The largest absolute Gasteiger partial charge is 0.313 e. The topological polar surface area (TPSA) is 15.3 Å². The van der Waals surface area contributed by atoms with Crippen LogP contribution in [-0.2, 0) is 0 Å². The molecule has 0 amide bonds. The fraction of sp³-hybridized carbons (Fsp3) is 1.00. The van der Waals surface area contributed by atoms with Gasteiger partial charge in [0.25, 0.3) is 0 Å².